The summed E-state index contributed by atoms with van der Waals surface area (Å²) in [4.78, 5) is 36.9. The monoisotopic (exact) mass is 409 g/mol. The molecule has 3 rings (SSSR count). The van der Waals surface area contributed by atoms with Gasteiger partial charge >= 0.3 is 18.0 Å². The number of esters is 1. The van der Waals surface area contributed by atoms with E-state index in [9.17, 15) is 19.5 Å². The maximum Gasteiger partial charge on any atom is 0.408 e. The molecular weight excluding hydrogens is 386 g/mol. The largest absolute Gasteiger partial charge is 0.481 e. The summed E-state index contributed by atoms with van der Waals surface area (Å²) in [6.07, 6.45) is 0.0737. The lowest BCUT2D eigenvalue weighted by molar-refractivity contribution is -0.154. The van der Waals surface area contributed by atoms with E-state index in [1.165, 1.54) is 0 Å². The maximum atomic E-state index is 13.0. The van der Waals surface area contributed by atoms with E-state index in [0.29, 0.717) is 23.4 Å². The Hall–Kier alpha value is -2.28. The van der Waals surface area contributed by atoms with Crippen molar-refractivity contribution in [1.82, 2.24) is 5.32 Å². The summed E-state index contributed by atoms with van der Waals surface area (Å²) in [6.45, 7) is 5.07. The Bertz CT molecular complexity index is 804. The number of halogens is 1. The number of hydrogen-bond acceptors (Lipinski definition) is 5. The standard InChI is InChI=1S/C20H24ClNO6/c1-19(2,3)28-18(26)22-20(9-8-12-14(15(12)20)16(23)24)17(25)27-10-11-6-4-5-7-13(11)21/h4-7,12,14-15H,8-10H2,1-3H3,(H,22,26)(H,23,24). The summed E-state index contributed by atoms with van der Waals surface area (Å²) < 4.78 is 10.8. The molecule has 0 spiro atoms. The minimum Gasteiger partial charge on any atom is -0.481 e. The van der Waals surface area contributed by atoms with E-state index in [0.717, 1.165) is 0 Å². The van der Waals surface area contributed by atoms with Crippen LogP contribution in [0.15, 0.2) is 24.3 Å². The van der Waals surface area contributed by atoms with Crippen LogP contribution in [0.4, 0.5) is 4.79 Å². The molecule has 0 radical (unpaired) electrons. The molecule has 1 aromatic carbocycles. The van der Waals surface area contributed by atoms with Crippen LogP contribution in [-0.4, -0.2) is 34.3 Å². The molecule has 0 bridgehead atoms. The number of carbonyl (C=O) groups excluding carboxylic acids is 2. The molecule has 2 saturated carbocycles. The first-order valence-corrected chi connectivity index (χ1v) is 9.57. The normalized spacial score (nSPS) is 28.2. The van der Waals surface area contributed by atoms with Crippen LogP contribution >= 0.6 is 11.6 Å². The number of amides is 1. The van der Waals surface area contributed by atoms with Crippen LogP contribution in [0.2, 0.25) is 5.02 Å². The molecule has 2 aliphatic carbocycles. The topological polar surface area (TPSA) is 102 Å². The Morgan fingerprint density at radius 2 is 1.96 bits per heavy atom. The van der Waals surface area contributed by atoms with E-state index in [4.69, 9.17) is 21.1 Å². The molecule has 28 heavy (non-hydrogen) atoms. The molecule has 1 amide bonds. The quantitative estimate of drug-likeness (QED) is 0.723. The van der Waals surface area contributed by atoms with Crippen LogP contribution in [0.3, 0.4) is 0 Å². The van der Waals surface area contributed by atoms with Crippen molar-refractivity contribution in [3.8, 4) is 0 Å². The van der Waals surface area contributed by atoms with E-state index in [1.54, 1.807) is 45.0 Å². The predicted molar refractivity (Wildman–Crippen MR) is 101 cm³/mol. The molecule has 1 aromatic rings. The third-order valence-electron chi connectivity index (χ3n) is 5.30. The fourth-order valence-electron chi connectivity index (χ4n) is 4.11. The Balaban J connectivity index is 1.79. The van der Waals surface area contributed by atoms with Gasteiger partial charge in [-0.15, -0.1) is 0 Å². The van der Waals surface area contributed by atoms with E-state index >= 15 is 0 Å². The van der Waals surface area contributed by atoms with Crippen molar-refractivity contribution in [2.24, 2.45) is 17.8 Å². The number of benzene rings is 1. The highest BCUT2D eigenvalue weighted by Gasteiger charge is 2.72. The summed E-state index contributed by atoms with van der Waals surface area (Å²) in [6, 6.07) is 6.96. The van der Waals surface area contributed by atoms with Crippen molar-refractivity contribution in [2.45, 2.75) is 51.4 Å². The number of fused-ring (bicyclic) bond motifs is 1. The number of carboxylic acids is 1. The molecular formula is C20H24ClNO6. The second-order valence-electron chi connectivity index (χ2n) is 8.36. The molecule has 0 aliphatic heterocycles. The minimum atomic E-state index is -1.41. The molecule has 2 N–H and O–H groups in total. The third-order valence-corrected chi connectivity index (χ3v) is 5.67. The van der Waals surface area contributed by atoms with Crippen LogP contribution in [0.25, 0.3) is 0 Å². The first kappa shape index (κ1) is 20.5. The Morgan fingerprint density at radius 1 is 1.29 bits per heavy atom. The first-order valence-electron chi connectivity index (χ1n) is 9.20. The summed E-state index contributed by atoms with van der Waals surface area (Å²) >= 11 is 6.10. The van der Waals surface area contributed by atoms with Gasteiger partial charge in [-0.05, 0) is 45.6 Å². The molecule has 4 atom stereocenters. The van der Waals surface area contributed by atoms with E-state index < -0.39 is 41.0 Å². The minimum absolute atomic E-state index is 0.0641. The fourth-order valence-corrected chi connectivity index (χ4v) is 4.30. The summed E-state index contributed by atoms with van der Waals surface area (Å²) in [5, 5.41) is 12.5. The average molecular weight is 410 g/mol. The molecule has 4 unspecified atom stereocenters. The highest BCUT2D eigenvalue weighted by atomic mass is 35.5. The van der Waals surface area contributed by atoms with E-state index in [2.05, 4.69) is 5.32 Å². The molecule has 0 aromatic heterocycles. The van der Waals surface area contributed by atoms with Crippen molar-refractivity contribution < 1.29 is 29.0 Å². The van der Waals surface area contributed by atoms with Gasteiger partial charge in [-0.2, -0.15) is 0 Å². The molecule has 0 saturated heterocycles. The second-order valence-corrected chi connectivity index (χ2v) is 8.77. The molecule has 2 fully saturated rings. The van der Waals surface area contributed by atoms with Gasteiger partial charge in [-0.3, -0.25) is 4.79 Å². The zero-order chi connectivity index (χ0) is 20.7. The van der Waals surface area contributed by atoms with Gasteiger partial charge in [0, 0.05) is 16.5 Å². The van der Waals surface area contributed by atoms with Crippen LogP contribution in [0.5, 0.6) is 0 Å². The van der Waals surface area contributed by atoms with Crippen LogP contribution in [0.1, 0.15) is 39.2 Å². The lowest BCUT2D eigenvalue weighted by atomic mass is 9.90. The zero-order valence-corrected chi connectivity index (χ0v) is 16.8. The highest BCUT2D eigenvalue weighted by Crippen LogP contribution is 2.62. The number of rotatable bonds is 5. The number of carboxylic acid groups (broad SMARTS) is 1. The van der Waals surface area contributed by atoms with Gasteiger partial charge in [0.2, 0.25) is 0 Å². The third kappa shape index (κ3) is 3.94. The van der Waals surface area contributed by atoms with Crippen molar-refractivity contribution >= 4 is 29.6 Å². The molecule has 0 heterocycles. The number of aliphatic carboxylic acids is 1. The number of ether oxygens (including phenoxy) is 2. The van der Waals surface area contributed by atoms with Crippen LogP contribution in [-0.2, 0) is 25.7 Å². The van der Waals surface area contributed by atoms with Gasteiger partial charge in [-0.25, -0.2) is 9.59 Å². The van der Waals surface area contributed by atoms with Crippen LogP contribution in [0, 0.1) is 17.8 Å². The van der Waals surface area contributed by atoms with Gasteiger partial charge in [0.25, 0.3) is 0 Å². The molecule has 152 valence electrons. The van der Waals surface area contributed by atoms with Crippen molar-refractivity contribution in [3.05, 3.63) is 34.9 Å². The van der Waals surface area contributed by atoms with Gasteiger partial charge in [-0.1, -0.05) is 29.8 Å². The number of carbonyl (C=O) groups is 3. The first-order chi connectivity index (χ1) is 13.0. The Labute approximate surface area is 168 Å². The number of nitrogens with one attached hydrogen (secondary N) is 1. The lowest BCUT2D eigenvalue weighted by Gasteiger charge is -2.32. The predicted octanol–water partition coefficient (Wildman–Crippen LogP) is 3.39. The summed E-state index contributed by atoms with van der Waals surface area (Å²) in [7, 11) is 0. The van der Waals surface area contributed by atoms with Gasteiger partial charge < -0.3 is 19.9 Å². The number of hydrogen-bond donors (Lipinski definition) is 2. The smallest absolute Gasteiger partial charge is 0.408 e. The van der Waals surface area contributed by atoms with Crippen molar-refractivity contribution in [1.29, 1.82) is 0 Å². The SMILES string of the molecule is CC(C)(C)OC(=O)NC1(C(=O)OCc2ccccc2Cl)CCC2C(C(=O)O)C21. The molecule has 2 aliphatic rings. The van der Waals surface area contributed by atoms with Crippen molar-refractivity contribution in [3.63, 3.8) is 0 Å². The fraction of sp³-hybridized carbons (Fsp3) is 0.550. The molecule has 8 heteroatoms. The summed E-state index contributed by atoms with van der Waals surface area (Å²) in [5.74, 6) is -2.95. The van der Waals surface area contributed by atoms with E-state index in [-0.39, 0.29) is 12.5 Å². The molecule has 7 nitrogen and oxygen atoms in total. The average Bonchev–Trinajstić information content (AvgIpc) is 3.21. The van der Waals surface area contributed by atoms with Gasteiger partial charge in [0.1, 0.15) is 17.7 Å². The Morgan fingerprint density at radius 3 is 2.54 bits per heavy atom. The summed E-state index contributed by atoms with van der Waals surface area (Å²) in [5.41, 5.74) is -1.53. The zero-order valence-electron chi connectivity index (χ0n) is 16.0. The second kappa shape index (κ2) is 7.28. The van der Waals surface area contributed by atoms with Gasteiger partial charge in [0.15, 0.2) is 0 Å². The Kier molecular flexibility index (Phi) is 5.32. The maximum absolute atomic E-state index is 13.0. The van der Waals surface area contributed by atoms with Crippen LogP contribution < -0.4 is 5.32 Å². The number of alkyl carbamates (subject to hydrolysis) is 1. The van der Waals surface area contributed by atoms with Gasteiger partial charge in [0.05, 0.1) is 5.92 Å². The van der Waals surface area contributed by atoms with E-state index in [1.807, 2.05) is 0 Å². The lowest BCUT2D eigenvalue weighted by Crippen LogP contribution is -2.57. The highest BCUT2D eigenvalue weighted by molar-refractivity contribution is 6.31. The van der Waals surface area contributed by atoms with Crippen molar-refractivity contribution in [2.75, 3.05) is 0 Å².